The number of pyridine rings is 1. The van der Waals surface area contributed by atoms with Crippen LogP contribution in [0.3, 0.4) is 0 Å². The normalized spacial score (nSPS) is 24.2. The molecule has 2 atom stereocenters. The van der Waals surface area contributed by atoms with Crippen molar-refractivity contribution in [2.24, 2.45) is 0 Å². The molecule has 4 saturated heterocycles. The summed E-state index contributed by atoms with van der Waals surface area (Å²) in [6, 6.07) is 5.52. The number of aromatic nitrogens is 3. The molecule has 4 aliphatic heterocycles. The number of para-hydroxylation sites is 1. The van der Waals surface area contributed by atoms with Crippen LogP contribution in [0, 0.1) is 11.6 Å². The maximum absolute atomic E-state index is 16.3. The molecule has 0 spiro atoms. The lowest BCUT2D eigenvalue weighted by Gasteiger charge is -2.34. The lowest BCUT2D eigenvalue weighted by Crippen LogP contribution is -2.51. The summed E-state index contributed by atoms with van der Waals surface area (Å²) in [4.78, 5) is 18.7. The van der Waals surface area contributed by atoms with E-state index in [9.17, 15) is 4.39 Å². The van der Waals surface area contributed by atoms with Gasteiger partial charge in [-0.3, -0.25) is 9.88 Å². The number of halogens is 2. The minimum absolute atomic E-state index is 0.0256. The number of nitrogens with one attached hydrogen (secondary N) is 2. The van der Waals surface area contributed by atoms with Gasteiger partial charge in [-0.05, 0) is 57.7 Å². The first-order chi connectivity index (χ1) is 18.5. The Bertz CT molecular complexity index is 1360. The van der Waals surface area contributed by atoms with E-state index < -0.39 is 11.6 Å². The molecular weight excluding hydrogens is 488 g/mol. The fourth-order valence-electron chi connectivity index (χ4n) is 7.12. The number of rotatable bonds is 6. The van der Waals surface area contributed by atoms with E-state index in [1.807, 2.05) is 0 Å². The van der Waals surface area contributed by atoms with Crippen molar-refractivity contribution in [3.63, 3.8) is 0 Å². The molecule has 8 nitrogen and oxygen atoms in total. The Morgan fingerprint density at radius 3 is 2.61 bits per heavy atom. The highest BCUT2D eigenvalue weighted by atomic mass is 19.1. The molecule has 1 aromatic carbocycles. The van der Waals surface area contributed by atoms with E-state index in [0.29, 0.717) is 35.5 Å². The van der Waals surface area contributed by atoms with Gasteiger partial charge in [-0.1, -0.05) is 12.1 Å². The van der Waals surface area contributed by atoms with E-state index in [2.05, 4.69) is 30.4 Å². The van der Waals surface area contributed by atoms with E-state index in [0.717, 1.165) is 51.9 Å². The summed E-state index contributed by atoms with van der Waals surface area (Å²) < 4.78 is 37.1. The van der Waals surface area contributed by atoms with Crippen molar-refractivity contribution in [3.05, 3.63) is 36.0 Å². The Morgan fingerprint density at radius 1 is 1.11 bits per heavy atom. The molecule has 10 heteroatoms. The van der Waals surface area contributed by atoms with Gasteiger partial charge in [0.25, 0.3) is 0 Å². The number of benzene rings is 1. The monoisotopic (exact) mass is 521 g/mol. The average molecular weight is 522 g/mol. The lowest BCUT2D eigenvalue weighted by molar-refractivity contribution is 0.108. The number of anilines is 2. The van der Waals surface area contributed by atoms with Crippen LogP contribution in [-0.4, -0.2) is 77.3 Å². The van der Waals surface area contributed by atoms with Gasteiger partial charge in [0, 0.05) is 44.0 Å². The highest BCUT2D eigenvalue weighted by molar-refractivity contribution is 5.93. The third-order valence-electron chi connectivity index (χ3n) is 8.96. The SMILES string of the molecule is CNc1c(F)cccc1-c1ncc2c(N3C[C@H]4CC[C@@H](C3)N4)nc(OCC34CCCN3CCC4)nc2c1F. The number of hydrogen-bond acceptors (Lipinski definition) is 8. The molecule has 38 heavy (non-hydrogen) atoms. The topological polar surface area (TPSA) is 78.4 Å². The first-order valence-electron chi connectivity index (χ1n) is 13.8. The summed E-state index contributed by atoms with van der Waals surface area (Å²) in [5, 5.41) is 7.03. The molecule has 0 unspecified atom stereocenters. The van der Waals surface area contributed by atoms with Crippen LogP contribution in [0.15, 0.2) is 24.4 Å². The lowest BCUT2D eigenvalue weighted by atomic mass is 9.95. The number of hydrogen-bond donors (Lipinski definition) is 2. The highest BCUT2D eigenvalue weighted by Crippen LogP contribution is 2.40. The van der Waals surface area contributed by atoms with E-state index in [1.165, 1.54) is 18.9 Å². The van der Waals surface area contributed by atoms with E-state index in [4.69, 9.17) is 9.72 Å². The largest absolute Gasteiger partial charge is 0.461 e. The molecule has 0 radical (unpaired) electrons. The van der Waals surface area contributed by atoms with Crippen LogP contribution in [0.5, 0.6) is 6.01 Å². The minimum atomic E-state index is -0.599. The second-order valence-electron chi connectivity index (χ2n) is 11.2. The summed E-state index contributed by atoms with van der Waals surface area (Å²) in [5.41, 5.74) is 0.774. The molecule has 7 rings (SSSR count). The van der Waals surface area contributed by atoms with Crippen molar-refractivity contribution < 1.29 is 13.5 Å². The van der Waals surface area contributed by atoms with Crippen LogP contribution in [0.4, 0.5) is 20.3 Å². The molecular formula is C28H33F2N7O. The molecule has 0 aliphatic carbocycles. The molecule has 2 N–H and O–H groups in total. The van der Waals surface area contributed by atoms with Gasteiger partial charge in [0.15, 0.2) is 5.82 Å². The number of piperazine rings is 1. The van der Waals surface area contributed by atoms with Crippen LogP contribution in [0.25, 0.3) is 22.2 Å². The van der Waals surface area contributed by atoms with Gasteiger partial charge in [0.05, 0.1) is 16.6 Å². The van der Waals surface area contributed by atoms with Gasteiger partial charge >= 0.3 is 6.01 Å². The van der Waals surface area contributed by atoms with Crippen LogP contribution in [0.1, 0.15) is 38.5 Å². The average Bonchev–Trinajstić information content (AvgIpc) is 3.61. The van der Waals surface area contributed by atoms with Gasteiger partial charge in [0.1, 0.15) is 29.5 Å². The Balaban J connectivity index is 1.32. The van der Waals surface area contributed by atoms with Crippen molar-refractivity contribution in [1.82, 2.24) is 25.2 Å². The molecule has 4 aliphatic rings. The molecule has 0 saturated carbocycles. The van der Waals surface area contributed by atoms with Gasteiger partial charge < -0.3 is 20.3 Å². The van der Waals surface area contributed by atoms with Crippen molar-refractivity contribution >= 4 is 22.4 Å². The number of fused-ring (bicyclic) bond motifs is 4. The zero-order valence-corrected chi connectivity index (χ0v) is 21.6. The Hall–Kier alpha value is -3.11. The van der Waals surface area contributed by atoms with Crippen LogP contribution >= 0.6 is 0 Å². The quantitative estimate of drug-likeness (QED) is 0.505. The maximum Gasteiger partial charge on any atom is 0.319 e. The molecule has 4 fully saturated rings. The summed E-state index contributed by atoms with van der Waals surface area (Å²) >= 11 is 0. The highest BCUT2D eigenvalue weighted by Gasteiger charge is 2.45. The van der Waals surface area contributed by atoms with Gasteiger partial charge in [0.2, 0.25) is 0 Å². The smallest absolute Gasteiger partial charge is 0.319 e. The van der Waals surface area contributed by atoms with Crippen molar-refractivity contribution in [2.45, 2.75) is 56.1 Å². The van der Waals surface area contributed by atoms with Crippen molar-refractivity contribution in [3.8, 4) is 17.3 Å². The van der Waals surface area contributed by atoms with Crippen LogP contribution in [0.2, 0.25) is 0 Å². The maximum atomic E-state index is 16.3. The Kier molecular flexibility index (Phi) is 5.85. The van der Waals surface area contributed by atoms with Gasteiger partial charge in [-0.2, -0.15) is 9.97 Å². The van der Waals surface area contributed by atoms with E-state index in [-0.39, 0.29) is 28.4 Å². The predicted octanol–water partition coefficient (Wildman–Crippen LogP) is 3.96. The molecule has 3 aromatic rings. The summed E-state index contributed by atoms with van der Waals surface area (Å²) in [6.07, 6.45) is 8.40. The summed E-state index contributed by atoms with van der Waals surface area (Å²) in [7, 11) is 1.61. The second kappa shape index (κ2) is 9.27. The number of ether oxygens (including phenoxy) is 1. The fourth-order valence-corrected chi connectivity index (χ4v) is 7.12. The Labute approximate surface area is 220 Å². The first kappa shape index (κ1) is 24.0. The van der Waals surface area contributed by atoms with E-state index >= 15 is 4.39 Å². The Morgan fingerprint density at radius 2 is 1.87 bits per heavy atom. The second-order valence-corrected chi connectivity index (χ2v) is 11.2. The fraction of sp³-hybridized carbons (Fsp3) is 0.536. The van der Waals surface area contributed by atoms with Crippen LogP contribution in [-0.2, 0) is 0 Å². The van der Waals surface area contributed by atoms with Gasteiger partial charge in [-0.15, -0.1) is 0 Å². The number of nitrogens with zero attached hydrogens (tertiary/aromatic N) is 5. The first-order valence-corrected chi connectivity index (χ1v) is 13.8. The third kappa shape index (κ3) is 3.88. The third-order valence-corrected chi connectivity index (χ3v) is 8.96. The molecule has 200 valence electrons. The molecule has 6 heterocycles. The van der Waals surface area contributed by atoms with Crippen molar-refractivity contribution in [2.75, 3.05) is 50.1 Å². The van der Waals surface area contributed by atoms with Gasteiger partial charge in [-0.25, -0.2) is 8.78 Å². The minimum Gasteiger partial charge on any atom is -0.461 e. The van der Waals surface area contributed by atoms with E-state index in [1.54, 1.807) is 25.4 Å². The molecule has 2 bridgehead atoms. The standard InChI is InChI=1S/C28H33F2N7O/c1-31-23-19(5-2-6-21(23)29)24-22(30)25-20(13-32-24)26(36-14-17-7-8-18(15-36)33-17)35-27(34-25)38-16-28-9-3-11-37(28)12-4-10-28/h2,5-6,13,17-18,31,33H,3-4,7-12,14-16H2,1H3/t17-,18+. The zero-order chi connectivity index (χ0) is 25.9. The van der Waals surface area contributed by atoms with Crippen molar-refractivity contribution in [1.29, 1.82) is 0 Å². The molecule has 0 amide bonds. The predicted molar refractivity (Wildman–Crippen MR) is 143 cm³/mol. The zero-order valence-electron chi connectivity index (χ0n) is 21.6. The summed E-state index contributed by atoms with van der Waals surface area (Å²) in [5.74, 6) is -0.411. The summed E-state index contributed by atoms with van der Waals surface area (Å²) in [6.45, 7) is 4.27. The molecule has 2 aromatic heterocycles. The van der Waals surface area contributed by atoms with Crippen LogP contribution < -0.4 is 20.3 Å².